The first kappa shape index (κ1) is 15.4. The van der Waals surface area contributed by atoms with Crippen molar-refractivity contribution in [3.63, 3.8) is 0 Å². The SMILES string of the molecule is CCCC(C(=O)N1CC(C)C(N(C)C)C1)C(N)=S. The van der Waals surface area contributed by atoms with Gasteiger partial charge in [0.15, 0.2) is 0 Å². The second kappa shape index (κ2) is 6.48. The Kier molecular flexibility index (Phi) is 5.53. The van der Waals surface area contributed by atoms with E-state index in [1.54, 1.807) is 0 Å². The highest BCUT2D eigenvalue weighted by Gasteiger charge is 2.36. The summed E-state index contributed by atoms with van der Waals surface area (Å²) in [7, 11) is 4.12. The number of thiocarbonyl (C=S) groups is 1. The summed E-state index contributed by atoms with van der Waals surface area (Å²) in [4.78, 5) is 16.9. The number of carbonyl (C=O) groups is 1. The highest BCUT2D eigenvalue weighted by molar-refractivity contribution is 7.80. The Hall–Kier alpha value is -0.680. The van der Waals surface area contributed by atoms with Crippen LogP contribution in [0.25, 0.3) is 0 Å². The maximum absolute atomic E-state index is 12.4. The van der Waals surface area contributed by atoms with Gasteiger partial charge in [0.1, 0.15) is 0 Å². The minimum Gasteiger partial charge on any atom is -0.393 e. The van der Waals surface area contributed by atoms with Crippen LogP contribution in [0.3, 0.4) is 0 Å². The van der Waals surface area contributed by atoms with Crippen LogP contribution in [0.4, 0.5) is 0 Å². The van der Waals surface area contributed by atoms with Gasteiger partial charge in [0.25, 0.3) is 0 Å². The number of nitrogens with two attached hydrogens (primary N) is 1. The average Bonchev–Trinajstić information content (AvgIpc) is 2.67. The number of likely N-dealkylation sites (tertiary alicyclic amines) is 1. The largest absolute Gasteiger partial charge is 0.393 e. The van der Waals surface area contributed by atoms with E-state index in [2.05, 4.69) is 25.9 Å². The van der Waals surface area contributed by atoms with Crippen molar-refractivity contribution in [2.24, 2.45) is 17.6 Å². The molecule has 18 heavy (non-hydrogen) atoms. The zero-order valence-corrected chi connectivity index (χ0v) is 12.7. The number of hydrogen-bond acceptors (Lipinski definition) is 3. The summed E-state index contributed by atoms with van der Waals surface area (Å²) in [5, 5.41) is 0. The molecule has 0 aromatic rings. The second-order valence-electron chi connectivity index (χ2n) is 5.50. The van der Waals surface area contributed by atoms with Gasteiger partial charge in [-0.3, -0.25) is 4.79 Å². The van der Waals surface area contributed by atoms with E-state index in [0.717, 1.165) is 25.9 Å². The molecule has 3 unspecified atom stereocenters. The molecule has 4 nitrogen and oxygen atoms in total. The third-order valence-electron chi connectivity index (χ3n) is 3.77. The number of rotatable bonds is 5. The Morgan fingerprint density at radius 3 is 2.50 bits per heavy atom. The van der Waals surface area contributed by atoms with Crippen LogP contribution in [0.15, 0.2) is 0 Å². The van der Waals surface area contributed by atoms with Gasteiger partial charge in [-0.1, -0.05) is 32.5 Å². The molecule has 0 aromatic carbocycles. The molecule has 0 aromatic heterocycles. The van der Waals surface area contributed by atoms with E-state index in [4.69, 9.17) is 18.0 Å². The lowest BCUT2D eigenvalue weighted by atomic mass is 10.0. The van der Waals surface area contributed by atoms with E-state index in [9.17, 15) is 4.79 Å². The summed E-state index contributed by atoms with van der Waals surface area (Å²) < 4.78 is 0. The van der Waals surface area contributed by atoms with Crippen LogP contribution in [-0.4, -0.2) is 53.9 Å². The van der Waals surface area contributed by atoms with E-state index >= 15 is 0 Å². The summed E-state index contributed by atoms with van der Waals surface area (Å²) in [5.41, 5.74) is 5.69. The Bertz CT molecular complexity index is 319. The molecule has 1 saturated heterocycles. The lowest BCUT2D eigenvalue weighted by Gasteiger charge is -2.24. The Labute approximate surface area is 115 Å². The first-order valence-electron chi connectivity index (χ1n) is 6.63. The van der Waals surface area contributed by atoms with E-state index in [-0.39, 0.29) is 11.8 Å². The molecule has 1 fully saturated rings. The highest BCUT2D eigenvalue weighted by atomic mass is 32.1. The van der Waals surface area contributed by atoms with E-state index in [1.165, 1.54) is 0 Å². The second-order valence-corrected chi connectivity index (χ2v) is 5.97. The van der Waals surface area contributed by atoms with Gasteiger partial charge in [-0.15, -0.1) is 0 Å². The van der Waals surface area contributed by atoms with Crippen LogP contribution in [0.1, 0.15) is 26.7 Å². The molecule has 0 saturated carbocycles. The Morgan fingerprint density at radius 1 is 1.50 bits per heavy atom. The topological polar surface area (TPSA) is 49.6 Å². The van der Waals surface area contributed by atoms with Crippen LogP contribution in [0.2, 0.25) is 0 Å². The molecule has 1 aliphatic heterocycles. The van der Waals surface area contributed by atoms with Crippen LogP contribution < -0.4 is 5.73 Å². The van der Waals surface area contributed by atoms with Crippen molar-refractivity contribution in [3.8, 4) is 0 Å². The van der Waals surface area contributed by atoms with Gasteiger partial charge in [0, 0.05) is 19.1 Å². The van der Waals surface area contributed by atoms with Crippen LogP contribution in [-0.2, 0) is 4.79 Å². The first-order chi connectivity index (χ1) is 8.38. The fourth-order valence-corrected chi connectivity index (χ4v) is 2.92. The minimum absolute atomic E-state index is 0.112. The molecule has 1 aliphatic rings. The van der Waals surface area contributed by atoms with Crippen molar-refractivity contribution in [1.82, 2.24) is 9.80 Å². The van der Waals surface area contributed by atoms with Crippen LogP contribution >= 0.6 is 12.2 Å². The predicted octanol–water partition coefficient (Wildman–Crippen LogP) is 1.10. The van der Waals surface area contributed by atoms with Gasteiger partial charge >= 0.3 is 0 Å². The van der Waals surface area contributed by atoms with Gasteiger partial charge < -0.3 is 15.5 Å². The molecule has 2 N–H and O–H groups in total. The lowest BCUT2D eigenvalue weighted by Crippen LogP contribution is -2.41. The Morgan fingerprint density at radius 2 is 2.11 bits per heavy atom. The zero-order valence-electron chi connectivity index (χ0n) is 11.8. The van der Waals surface area contributed by atoms with Crippen LogP contribution in [0.5, 0.6) is 0 Å². The molecular formula is C13H25N3OS. The van der Waals surface area contributed by atoms with Gasteiger partial charge in [0.2, 0.25) is 5.91 Å². The summed E-state index contributed by atoms with van der Waals surface area (Å²) in [6.45, 7) is 5.83. The van der Waals surface area contributed by atoms with Crippen molar-refractivity contribution in [2.45, 2.75) is 32.7 Å². The number of carbonyl (C=O) groups excluding carboxylic acids is 1. The van der Waals surface area contributed by atoms with Gasteiger partial charge in [-0.25, -0.2) is 0 Å². The van der Waals surface area contributed by atoms with Crippen LogP contribution in [0, 0.1) is 11.8 Å². The lowest BCUT2D eigenvalue weighted by molar-refractivity contribution is -0.132. The van der Waals surface area contributed by atoms with E-state index in [1.807, 2.05) is 11.8 Å². The standard InChI is InChI=1S/C13H25N3OS/c1-5-6-10(12(14)18)13(17)16-7-9(2)11(8-16)15(3)4/h9-11H,5-8H2,1-4H3,(H2,14,18). The summed E-state index contributed by atoms with van der Waals surface area (Å²) in [5.74, 6) is 0.330. The van der Waals surface area contributed by atoms with Crippen molar-refractivity contribution in [1.29, 1.82) is 0 Å². The highest BCUT2D eigenvalue weighted by Crippen LogP contribution is 2.23. The molecule has 0 spiro atoms. The van der Waals surface area contributed by atoms with Crippen molar-refractivity contribution < 1.29 is 4.79 Å². The molecular weight excluding hydrogens is 246 g/mol. The minimum atomic E-state index is -0.280. The molecule has 5 heteroatoms. The third-order valence-corrected chi connectivity index (χ3v) is 4.05. The zero-order chi connectivity index (χ0) is 13.9. The summed E-state index contributed by atoms with van der Waals surface area (Å²) >= 11 is 5.02. The van der Waals surface area contributed by atoms with Crippen molar-refractivity contribution in [2.75, 3.05) is 27.2 Å². The molecule has 0 aliphatic carbocycles. The number of hydrogen-bond donors (Lipinski definition) is 1. The predicted molar refractivity (Wildman–Crippen MR) is 78.4 cm³/mol. The fourth-order valence-electron chi connectivity index (χ4n) is 2.70. The smallest absolute Gasteiger partial charge is 0.232 e. The molecule has 104 valence electrons. The molecule has 1 rings (SSSR count). The maximum Gasteiger partial charge on any atom is 0.232 e. The molecule has 1 heterocycles. The molecule has 0 radical (unpaired) electrons. The Balaban J connectivity index is 2.70. The van der Waals surface area contributed by atoms with Gasteiger partial charge in [0.05, 0.1) is 10.9 Å². The summed E-state index contributed by atoms with van der Waals surface area (Å²) in [6, 6.07) is 0.433. The third kappa shape index (κ3) is 3.42. The first-order valence-corrected chi connectivity index (χ1v) is 7.03. The fraction of sp³-hybridized carbons (Fsp3) is 0.846. The van der Waals surface area contributed by atoms with E-state index in [0.29, 0.717) is 16.9 Å². The molecule has 0 bridgehead atoms. The normalized spacial score (nSPS) is 25.5. The number of likely N-dealkylation sites (N-methyl/N-ethyl adjacent to an activating group) is 1. The number of nitrogens with zero attached hydrogens (tertiary/aromatic N) is 2. The monoisotopic (exact) mass is 271 g/mol. The van der Waals surface area contributed by atoms with Gasteiger partial charge in [-0.05, 0) is 26.4 Å². The quantitative estimate of drug-likeness (QED) is 0.761. The average molecular weight is 271 g/mol. The molecule has 1 amide bonds. The van der Waals surface area contributed by atoms with E-state index < -0.39 is 0 Å². The van der Waals surface area contributed by atoms with Gasteiger partial charge in [-0.2, -0.15) is 0 Å². The van der Waals surface area contributed by atoms with Crippen molar-refractivity contribution >= 4 is 23.1 Å². The van der Waals surface area contributed by atoms with Crippen molar-refractivity contribution in [3.05, 3.63) is 0 Å². The number of amides is 1. The summed E-state index contributed by atoms with van der Waals surface area (Å²) in [6.07, 6.45) is 1.68. The molecule has 3 atom stereocenters. The maximum atomic E-state index is 12.4.